The van der Waals surface area contributed by atoms with Gasteiger partial charge in [-0.05, 0) is 32.6 Å². The fourth-order valence-corrected chi connectivity index (χ4v) is 2.39. The normalized spacial score (nSPS) is 18.3. The number of nitrogens with zero attached hydrogens (tertiary/aromatic N) is 2. The van der Waals surface area contributed by atoms with E-state index in [2.05, 4.69) is 11.6 Å². The summed E-state index contributed by atoms with van der Waals surface area (Å²) in [5.74, 6) is 1.16. The van der Waals surface area contributed by atoms with E-state index in [1.165, 1.54) is 37.1 Å². The van der Waals surface area contributed by atoms with Crippen molar-refractivity contribution in [3.63, 3.8) is 0 Å². The van der Waals surface area contributed by atoms with Crippen LogP contribution < -0.4 is 5.73 Å². The summed E-state index contributed by atoms with van der Waals surface area (Å²) in [6.45, 7) is 2.04. The van der Waals surface area contributed by atoms with E-state index < -0.39 is 0 Å². The monoisotopic (exact) mass is 207 g/mol. The van der Waals surface area contributed by atoms with Crippen molar-refractivity contribution in [2.45, 2.75) is 51.5 Å². The quantitative estimate of drug-likeness (QED) is 0.748. The van der Waals surface area contributed by atoms with Crippen LogP contribution in [0.4, 0.5) is 0 Å². The maximum atomic E-state index is 5.83. The molecule has 3 heteroatoms. The van der Waals surface area contributed by atoms with Gasteiger partial charge in [-0.15, -0.1) is 0 Å². The Morgan fingerprint density at radius 2 is 2.07 bits per heavy atom. The second-order valence-corrected chi connectivity index (χ2v) is 4.72. The summed E-state index contributed by atoms with van der Waals surface area (Å²) in [6, 6.07) is 0.203. The van der Waals surface area contributed by atoms with E-state index >= 15 is 0 Å². The minimum atomic E-state index is 0.203. The number of fused-ring (bicyclic) bond motifs is 1. The van der Waals surface area contributed by atoms with Crippen molar-refractivity contribution in [3.05, 3.63) is 17.2 Å². The molecule has 2 rings (SSSR count). The highest BCUT2D eigenvalue weighted by molar-refractivity contribution is 5.19. The van der Waals surface area contributed by atoms with Crippen molar-refractivity contribution in [2.75, 3.05) is 0 Å². The first-order chi connectivity index (χ1) is 7.18. The lowest BCUT2D eigenvalue weighted by atomic mass is 10.2. The predicted octanol–water partition coefficient (Wildman–Crippen LogP) is 1.58. The molecule has 0 saturated heterocycles. The van der Waals surface area contributed by atoms with E-state index in [1.54, 1.807) is 0 Å². The molecule has 1 aliphatic rings. The highest BCUT2D eigenvalue weighted by Gasteiger charge is 2.16. The van der Waals surface area contributed by atoms with Gasteiger partial charge >= 0.3 is 0 Å². The van der Waals surface area contributed by atoms with E-state index in [0.29, 0.717) is 0 Å². The van der Waals surface area contributed by atoms with Gasteiger partial charge < -0.3 is 10.3 Å². The Morgan fingerprint density at radius 1 is 1.33 bits per heavy atom. The Bertz CT molecular complexity index is 339. The van der Waals surface area contributed by atoms with Gasteiger partial charge in [0.2, 0.25) is 0 Å². The van der Waals surface area contributed by atoms with Gasteiger partial charge in [0.1, 0.15) is 5.82 Å². The molecular formula is C12H21N3. The molecule has 1 aromatic rings. The van der Waals surface area contributed by atoms with Crippen molar-refractivity contribution in [3.8, 4) is 0 Å². The summed E-state index contributed by atoms with van der Waals surface area (Å²) in [5.41, 5.74) is 8.60. The summed E-state index contributed by atoms with van der Waals surface area (Å²) < 4.78 is 2.27. The maximum Gasteiger partial charge on any atom is 0.110 e. The first kappa shape index (κ1) is 10.7. The van der Waals surface area contributed by atoms with E-state index in [9.17, 15) is 0 Å². The highest BCUT2D eigenvalue weighted by atomic mass is 15.1. The number of nitrogens with two attached hydrogens (primary N) is 1. The molecule has 1 aliphatic carbocycles. The van der Waals surface area contributed by atoms with Crippen LogP contribution in [0.1, 0.15) is 43.4 Å². The largest absolute Gasteiger partial charge is 0.335 e. The average Bonchev–Trinajstić information content (AvgIpc) is 2.40. The number of imidazole rings is 1. The standard InChI is InChI=1S/C12H21N3/c1-9(13)8-12-14-10-6-4-3-5-7-11(10)15(12)2/h9H,3-8,13H2,1-2H3. The van der Waals surface area contributed by atoms with Gasteiger partial charge in [-0.3, -0.25) is 0 Å². The van der Waals surface area contributed by atoms with Crippen LogP contribution in [-0.4, -0.2) is 15.6 Å². The number of hydrogen-bond acceptors (Lipinski definition) is 2. The van der Waals surface area contributed by atoms with Gasteiger partial charge in [0.25, 0.3) is 0 Å². The zero-order valence-electron chi connectivity index (χ0n) is 9.79. The molecule has 1 atom stereocenters. The first-order valence-electron chi connectivity index (χ1n) is 5.97. The van der Waals surface area contributed by atoms with Crippen molar-refractivity contribution < 1.29 is 0 Å². The molecule has 1 aromatic heterocycles. The minimum absolute atomic E-state index is 0.203. The van der Waals surface area contributed by atoms with Crippen molar-refractivity contribution >= 4 is 0 Å². The van der Waals surface area contributed by atoms with Crippen LogP contribution in [-0.2, 0) is 26.3 Å². The Morgan fingerprint density at radius 3 is 2.80 bits per heavy atom. The summed E-state index contributed by atoms with van der Waals surface area (Å²) >= 11 is 0. The lowest BCUT2D eigenvalue weighted by Gasteiger charge is -2.07. The molecule has 0 radical (unpaired) electrons. The molecule has 15 heavy (non-hydrogen) atoms. The van der Waals surface area contributed by atoms with Crippen molar-refractivity contribution in [1.82, 2.24) is 9.55 Å². The minimum Gasteiger partial charge on any atom is -0.335 e. The fraction of sp³-hybridized carbons (Fsp3) is 0.750. The zero-order valence-corrected chi connectivity index (χ0v) is 9.79. The molecule has 0 aliphatic heterocycles. The molecular weight excluding hydrogens is 186 g/mol. The van der Waals surface area contributed by atoms with Crippen LogP contribution in [0.3, 0.4) is 0 Å². The Kier molecular flexibility index (Phi) is 3.10. The first-order valence-corrected chi connectivity index (χ1v) is 5.97. The molecule has 0 amide bonds. The molecule has 1 heterocycles. The van der Waals surface area contributed by atoms with E-state index in [-0.39, 0.29) is 6.04 Å². The summed E-state index contributed by atoms with van der Waals surface area (Å²) in [5, 5.41) is 0. The summed E-state index contributed by atoms with van der Waals surface area (Å²) in [4.78, 5) is 4.73. The highest BCUT2D eigenvalue weighted by Crippen LogP contribution is 2.21. The third kappa shape index (κ3) is 2.23. The molecule has 0 aromatic carbocycles. The van der Waals surface area contributed by atoms with Crippen LogP contribution in [0.25, 0.3) is 0 Å². The summed E-state index contributed by atoms with van der Waals surface area (Å²) in [7, 11) is 2.13. The topological polar surface area (TPSA) is 43.8 Å². The lowest BCUT2D eigenvalue weighted by Crippen LogP contribution is -2.20. The molecule has 0 spiro atoms. The van der Waals surface area contributed by atoms with Gasteiger partial charge in [-0.25, -0.2) is 4.98 Å². The number of aromatic nitrogens is 2. The van der Waals surface area contributed by atoms with E-state index in [0.717, 1.165) is 18.7 Å². The Hall–Kier alpha value is -0.830. The van der Waals surface area contributed by atoms with Crippen molar-refractivity contribution in [2.24, 2.45) is 12.8 Å². The third-order valence-electron chi connectivity index (χ3n) is 3.22. The Balaban J connectivity index is 2.27. The van der Waals surface area contributed by atoms with Crippen LogP contribution >= 0.6 is 0 Å². The smallest absolute Gasteiger partial charge is 0.110 e. The maximum absolute atomic E-state index is 5.83. The number of aryl methyl sites for hydroxylation is 1. The number of rotatable bonds is 2. The van der Waals surface area contributed by atoms with E-state index in [1.807, 2.05) is 6.92 Å². The second-order valence-electron chi connectivity index (χ2n) is 4.72. The van der Waals surface area contributed by atoms with E-state index in [4.69, 9.17) is 10.7 Å². The van der Waals surface area contributed by atoms with Gasteiger partial charge in [-0.2, -0.15) is 0 Å². The van der Waals surface area contributed by atoms with Crippen LogP contribution in [0, 0.1) is 0 Å². The molecule has 1 unspecified atom stereocenters. The van der Waals surface area contributed by atoms with Gasteiger partial charge in [0.05, 0.1) is 5.69 Å². The third-order valence-corrected chi connectivity index (χ3v) is 3.22. The zero-order chi connectivity index (χ0) is 10.8. The fourth-order valence-electron chi connectivity index (χ4n) is 2.39. The van der Waals surface area contributed by atoms with Crippen molar-refractivity contribution in [1.29, 1.82) is 0 Å². The SMILES string of the molecule is CC(N)Cc1nc2c(n1C)CCCCC2. The molecule has 2 N–H and O–H groups in total. The molecule has 3 nitrogen and oxygen atoms in total. The van der Waals surface area contributed by atoms with Gasteiger partial charge in [-0.1, -0.05) is 6.42 Å². The molecule has 0 bridgehead atoms. The average molecular weight is 207 g/mol. The van der Waals surface area contributed by atoms with Crippen LogP contribution in [0.2, 0.25) is 0 Å². The van der Waals surface area contributed by atoms with Crippen LogP contribution in [0.15, 0.2) is 0 Å². The number of hydrogen-bond donors (Lipinski definition) is 1. The van der Waals surface area contributed by atoms with Gasteiger partial charge in [0.15, 0.2) is 0 Å². The molecule has 0 fully saturated rings. The van der Waals surface area contributed by atoms with Crippen LogP contribution in [0.5, 0.6) is 0 Å². The Labute approximate surface area is 91.7 Å². The molecule has 0 saturated carbocycles. The lowest BCUT2D eigenvalue weighted by molar-refractivity contribution is 0.641. The molecule has 84 valence electrons. The van der Waals surface area contributed by atoms with Gasteiger partial charge in [0, 0.05) is 25.2 Å². The summed E-state index contributed by atoms with van der Waals surface area (Å²) in [6.07, 6.45) is 7.19. The second kappa shape index (κ2) is 4.35. The predicted molar refractivity (Wildman–Crippen MR) is 61.8 cm³/mol.